The smallest absolute Gasteiger partial charge is 0.253 e. The van der Waals surface area contributed by atoms with E-state index in [9.17, 15) is 4.79 Å². The van der Waals surface area contributed by atoms with E-state index in [1.807, 2.05) is 38.1 Å². The van der Waals surface area contributed by atoms with Crippen LogP contribution in [-0.2, 0) is 13.1 Å². The van der Waals surface area contributed by atoms with E-state index in [1.165, 1.54) is 5.56 Å². The second-order valence-corrected chi connectivity index (χ2v) is 8.55. The highest BCUT2D eigenvalue weighted by Gasteiger charge is 2.18. The van der Waals surface area contributed by atoms with Gasteiger partial charge in [0.25, 0.3) is 5.91 Å². The summed E-state index contributed by atoms with van der Waals surface area (Å²) < 4.78 is 2.16. The van der Waals surface area contributed by atoms with Crippen LogP contribution < -0.4 is 5.32 Å². The lowest BCUT2D eigenvalue weighted by atomic mass is 10.2. The molecule has 0 atom stereocenters. The number of aryl methyl sites for hydroxylation is 1. The molecule has 0 aliphatic carbocycles. The van der Waals surface area contributed by atoms with Crippen molar-refractivity contribution in [1.29, 1.82) is 0 Å². The van der Waals surface area contributed by atoms with Crippen LogP contribution in [0.2, 0.25) is 0 Å². The summed E-state index contributed by atoms with van der Waals surface area (Å²) >= 11 is 0. The van der Waals surface area contributed by atoms with Crippen LogP contribution in [-0.4, -0.2) is 64.5 Å². The fourth-order valence-corrected chi connectivity index (χ4v) is 4.36. The number of piperazine rings is 1. The molecule has 1 N–H and O–H groups in total. The first-order chi connectivity index (χ1) is 15.6. The van der Waals surface area contributed by atoms with Gasteiger partial charge in [-0.2, -0.15) is 0 Å². The normalized spacial score (nSPS) is 15.1. The van der Waals surface area contributed by atoms with Gasteiger partial charge in [-0.25, -0.2) is 0 Å². The molecule has 168 valence electrons. The Morgan fingerprint density at radius 2 is 1.66 bits per heavy atom. The maximum absolute atomic E-state index is 12.8. The van der Waals surface area contributed by atoms with Crippen LogP contribution in [0.4, 0.5) is 0 Å². The summed E-state index contributed by atoms with van der Waals surface area (Å²) in [4.78, 5) is 22.2. The average Bonchev–Trinajstić information content (AvgIpc) is 3.10. The number of aromatic nitrogens is 2. The first-order valence-corrected chi connectivity index (χ1v) is 11.4. The zero-order valence-corrected chi connectivity index (χ0v) is 19.1. The molecule has 3 aromatic rings. The van der Waals surface area contributed by atoms with Crippen molar-refractivity contribution in [3.05, 3.63) is 89.0 Å². The molecule has 0 spiro atoms. The summed E-state index contributed by atoms with van der Waals surface area (Å²) in [6.07, 6.45) is 1.80. The second-order valence-electron chi connectivity index (χ2n) is 8.55. The quantitative estimate of drug-likeness (QED) is 0.596. The minimum atomic E-state index is 0.00749. The molecule has 0 saturated carbocycles. The van der Waals surface area contributed by atoms with Crippen molar-refractivity contribution in [2.75, 3.05) is 39.3 Å². The Morgan fingerprint density at radius 3 is 2.38 bits per heavy atom. The van der Waals surface area contributed by atoms with Crippen LogP contribution in [0.25, 0.3) is 0 Å². The molecule has 1 fully saturated rings. The highest BCUT2D eigenvalue weighted by atomic mass is 16.1. The van der Waals surface area contributed by atoms with Crippen LogP contribution in [0.1, 0.15) is 33.0 Å². The third-order valence-electron chi connectivity index (χ3n) is 6.29. The molecule has 1 saturated heterocycles. The number of hydrogen-bond donors (Lipinski definition) is 1. The molecular weight excluding hydrogens is 398 g/mol. The van der Waals surface area contributed by atoms with Gasteiger partial charge in [-0.3, -0.25) is 19.6 Å². The van der Waals surface area contributed by atoms with Crippen molar-refractivity contribution in [1.82, 2.24) is 24.7 Å². The molecule has 0 radical (unpaired) electrons. The summed E-state index contributed by atoms with van der Waals surface area (Å²) in [5.41, 5.74) is 5.18. The van der Waals surface area contributed by atoms with Crippen LogP contribution in [0, 0.1) is 13.8 Å². The van der Waals surface area contributed by atoms with Crippen molar-refractivity contribution in [3.63, 3.8) is 0 Å². The van der Waals surface area contributed by atoms with E-state index in [4.69, 9.17) is 0 Å². The molecule has 1 aliphatic rings. The van der Waals surface area contributed by atoms with Crippen LogP contribution in [0.3, 0.4) is 0 Å². The molecule has 0 bridgehead atoms. The average molecular weight is 432 g/mol. The Kier molecular flexibility index (Phi) is 7.35. The summed E-state index contributed by atoms with van der Waals surface area (Å²) in [6, 6.07) is 18.5. The zero-order chi connectivity index (χ0) is 22.3. The molecule has 2 aromatic heterocycles. The molecule has 32 heavy (non-hydrogen) atoms. The molecule has 6 heteroatoms. The molecule has 1 aromatic carbocycles. The first-order valence-electron chi connectivity index (χ1n) is 11.4. The Labute approximate surface area is 190 Å². The lowest BCUT2D eigenvalue weighted by Gasteiger charge is -2.34. The maximum Gasteiger partial charge on any atom is 0.253 e. The lowest BCUT2D eigenvalue weighted by Crippen LogP contribution is -2.48. The summed E-state index contributed by atoms with van der Waals surface area (Å²) in [5, 5.41) is 3.12. The van der Waals surface area contributed by atoms with E-state index in [0.29, 0.717) is 13.1 Å². The van der Waals surface area contributed by atoms with E-state index in [-0.39, 0.29) is 5.91 Å². The molecule has 4 rings (SSSR count). The van der Waals surface area contributed by atoms with Gasteiger partial charge in [-0.05, 0) is 37.6 Å². The van der Waals surface area contributed by atoms with Crippen molar-refractivity contribution in [2.45, 2.75) is 26.9 Å². The highest BCUT2D eigenvalue weighted by molar-refractivity contribution is 5.95. The van der Waals surface area contributed by atoms with Gasteiger partial charge in [0.15, 0.2) is 0 Å². The molecule has 3 heterocycles. The van der Waals surface area contributed by atoms with Crippen molar-refractivity contribution in [3.8, 4) is 0 Å². The number of rotatable bonds is 8. The number of pyridine rings is 1. The van der Waals surface area contributed by atoms with Crippen molar-refractivity contribution in [2.24, 2.45) is 0 Å². The summed E-state index contributed by atoms with van der Waals surface area (Å²) in [7, 11) is 0. The Hall–Kier alpha value is -2.96. The predicted octanol–water partition coefficient (Wildman–Crippen LogP) is 3.10. The summed E-state index contributed by atoms with van der Waals surface area (Å²) in [6.45, 7) is 11.5. The van der Waals surface area contributed by atoms with Crippen LogP contribution in [0.5, 0.6) is 0 Å². The Morgan fingerprint density at radius 1 is 0.938 bits per heavy atom. The predicted molar refractivity (Wildman–Crippen MR) is 128 cm³/mol. The van der Waals surface area contributed by atoms with Gasteiger partial charge in [0.2, 0.25) is 0 Å². The lowest BCUT2D eigenvalue weighted by molar-refractivity contribution is 0.0933. The second kappa shape index (κ2) is 10.6. The van der Waals surface area contributed by atoms with E-state index in [1.54, 1.807) is 6.20 Å². The fraction of sp³-hybridized carbons (Fsp3) is 0.385. The number of carbonyl (C=O) groups excluding carboxylic acids is 1. The number of nitrogens with zero attached hydrogens (tertiary/aromatic N) is 4. The van der Waals surface area contributed by atoms with Gasteiger partial charge in [-0.1, -0.05) is 36.4 Å². The summed E-state index contributed by atoms with van der Waals surface area (Å²) in [5.74, 6) is 0.00749. The Bertz CT molecular complexity index is 1010. The number of nitrogens with one attached hydrogen (secondary N) is 1. The van der Waals surface area contributed by atoms with Gasteiger partial charge in [0.05, 0.1) is 17.8 Å². The van der Waals surface area contributed by atoms with Gasteiger partial charge < -0.3 is 9.88 Å². The third-order valence-corrected chi connectivity index (χ3v) is 6.29. The largest absolute Gasteiger partial charge is 0.351 e. The Balaban J connectivity index is 1.23. The van der Waals surface area contributed by atoms with E-state index in [0.717, 1.165) is 61.9 Å². The van der Waals surface area contributed by atoms with Gasteiger partial charge in [-0.15, -0.1) is 0 Å². The highest BCUT2D eigenvalue weighted by Crippen LogP contribution is 2.16. The molecular formula is C26H33N5O. The SMILES string of the molecule is Cc1cc(C(=O)NCCN2CCN(Cc3ccccc3)CC2)c(C)n1Cc1ccccn1. The number of carbonyl (C=O) groups is 1. The topological polar surface area (TPSA) is 53.4 Å². The fourth-order valence-electron chi connectivity index (χ4n) is 4.36. The van der Waals surface area contributed by atoms with E-state index >= 15 is 0 Å². The number of benzene rings is 1. The number of amides is 1. The molecule has 0 unspecified atom stereocenters. The van der Waals surface area contributed by atoms with Gasteiger partial charge in [0.1, 0.15) is 0 Å². The zero-order valence-electron chi connectivity index (χ0n) is 19.1. The number of hydrogen-bond acceptors (Lipinski definition) is 4. The van der Waals surface area contributed by atoms with E-state index < -0.39 is 0 Å². The van der Waals surface area contributed by atoms with Crippen molar-refractivity contribution < 1.29 is 4.79 Å². The van der Waals surface area contributed by atoms with Crippen LogP contribution in [0.15, 0.2) is 60.8 Å². The minimum absolute atomic E-state index is 0.00749. The minimum Gasteiger partial charge on any atom is -0.351 e. The standard InChI is InChI=1S/C26H33N5O/c1-21-18-25(22(2)31(21)20-24-10-6-7-11-27-24)26(32)28-12-13-29-14-16-30(17-15-29)19-23-8-4-3-5-9-23/h3-11,18H,12-17,19-20H2,1-2H3,(H,28,32). The van der Waals surface area contributed by atoms with Crippen molar-refractivity contribution >= 4 is 5.91 Å². The van der Waals surface area contributed by atoms with Gasteiger partial charge >= 0.3 is 0 Å². The van der Waals surface area contributed by atoms with E-state index in [2.05, 4.69) is 55.0 Å². The first kappa shape index (κ1) is 22.2. The monoisotopic (exact) mass is 431 g/mol. The molecule has 1 amide bonds. The van der Waals surface area contributed by atoms with Gasteiger partial charge in [0, 0.05) is 63.4 Å². The molecule has 1 aliphatic heterocycles. The van der Waals surface area contributed by atoms with Crippen LogP contribution >= 0.6 is 0 Å². The molecule has 6 nitrogen and oxygen atoms in total. The third kappa shape index (κ3) is 5.64. The maximum atomic E-state index is 12.8.